The Kier molecular flexibility index (Phi) is 6.70. The summed E-state index contributed by atoms with van der Waals surface area (Å²) in [5.41, 5.74) is 0.575. The van der Waals surface area contributed by atoms with Gasteiger partial charge in [0.1, 0.15) is 0 Å². The number of nitrogens with zero attached hydrogens (tertiary/aromatic N) is 1. The Bertz CT molecular complexity index is 999. The summed E-state index contributed by atoms with van der Waals surface area (Å²) in [6, 6.07) is 11.6. The lowest BCUT2D eigenvalue weighted by atomic mass is 10.1. The molecule has 0 atom stereocenters. The number of alkyl halides is 3. The summed E-state index contributed by atoms with van der Waals surface area (Å²) >= 11 is 1.06. The fourth-order valence-corrected chi connectivity index (χ4v) is 3.53. The number of nitrogens with one attached hydrogen (secondary N) is 2. The van der Waals surface area contributed by atoms with Crippen LogP contribution in [-0.4, -0.2) is 21.1 Å². The monoisotopic (exact) mass is 437 g/mol. The highest BCUT2D eigenvalue weighted by Crippen LogP contribution is 2.34. The maximum Gasteiger partial charge on any atom is 0.418 e. The molecule has 0 unspecified atom stereocenters. The van der Waals surface area contributed by atoms with Crippen LogP contribution < -0.4 is 10.6 Å². The van der Waals surface area contributed by atoms with E-state index in [4.69, 9.17) is 0 Å². The molecule has 0 saturated carbocycles. The molecular weight excluding hydrogens is 419 g/mol. The number of hydrogen-bond acceptors (Lipinski definition) is 6. The van der Waals surface area contributed by atoms with Crippen LogP contribution in [0.4, 0.5) is 24.0 Å². The van der Waals surface area contributed by atoms with Crippen molar-refractivity contribution in [3.05, 3.63) is 75.8 Å². The normalized spacial score (nSPS) is 11.4. The molecule has 0 aliphatic rings. The zero-order chi connectivity index (χ0) is 21.7. The average Bonchev–Trinajstić information content (AvgIpc) is 3.14. The van der Waals surface area contributed by atoms with Gasteiger partial charge in [-0.2, -0.15) is 13.2 Å². The van der Waals surface area contributed by atoms with Crippen LogP contribution in [0.25, 0.3) is 0 Å². The summed E-state index contributed by atoms with van der Waals surface area (Å²) in [6.07, 6.45) is -4.45. The second-order valence-electron chi connectivity index (χ2n) is 6.25. The Morgan fingerprint density at radius 1 is 1.03 bits per heavy atom. The van der Waals surface area contributed by atoms with Crippen LogP contribution in [0.1, 0.15) is 32.1 Å². The molecule has 3 rings (SSSR count). The minimum atomic E-state index is -4.45. The highest BCUT2D eigenvalue weighted by atomic mass is 32.1. The van der Waals surface area contributed by atoms with E-state index >= 15 is 0 Å². The fraction of sp³-hybridized carbons (Fsp3) is 0.200. The minimum absolute atomic E-state index is 0.0186. The molecule has 0 aliphatic carbocycles. The van der Waals surface area contributed by atoms with Gasteiger partial charge in [-0.25, -0.2) is 4.98 Å². The summed E-state index contributed by atoms with van der Waals surface area (Å²) in [7, 11) is 0. The van der Waals surface area contributed by atoms with Crippen molar-refractivity contribution in [2.45, 2.75) is 25.9 Å². The molecule has 158 valence electrons. The number of aliphatic hydroxyl groups excluding tert-OH is 2. The van der Waals surface area contributed by atoms with Gasteiger partial charge in [-0.3, -0.25) is 10.1 Å². The number of para-hydroxylation sites is 1. The first-order valence-electron chi connectivity index (χ1n) is 8.82. The maximum absolute atomic E-state index is 13.1. The maximum atomic E-state index is 13.1. The summed E-state index contributed by atoms with van der Waals surface area (Å²) in [4.78, 5) is 16.9. The van der Waals surface area contributed by atoms with Gasteiger partial charge in [0.05, 0.1) is 29.3 Å². The molecule has 30 heavy (non-hydrogen) atoms. The SMILES string of the molecule is O=C(Nc1nc(CO)c(CO)s1)c1ccc(CNc2ccccc2C(F)(F)F)cc1. The van der Waals surface area contributed by atoms with Gasteiger partial charge in [0.15, 0.2) is 5.13 Å². The highest BCUT2D eigenvalue weighted by molar-refractivity contribution is 7.15. The van der Waals surface area contributed by atoms with Gasteiger partial charge in [0.2, 0.25) is 0 Å². The van der Waals surface area contributed by atoms with E-state index in [0.717, 1.165) is 17.4 Å². The van der Waals surface area contributed by atoms with Crippen molar-refractivity contribution in [1.82, 2.24) is 4.98 Å². The summed E-state index contributed by atoms with van der Waals surface area (Å²) in [6.45, 7) is -0.481. The van der Waals surface area contributed by atoms with Gasteiger partial charge >= 0.3 is 6.18 Å². The number of thiazole rings is 1. The van der Waals surface area contributed by atoms with E-state index in [2.05, 4.69) is 15.6 Å². The van der Waals surface area contributed by atoms with E-state index in [-0.39, 0.29) is 30.6 Å². The molecule has 0 saturated heterocycles. The molecule has 0 spiro atoms. The van der Waals surface area contributed by atoms with Gasteiger partial charge < -0.3 is 15.5 Å². The number of anilines is 2. The standard InChI is InChI=1S/C20H18F3N3O3S/c21-20(22,23)14-3-1-2-4-15(14)24-9-12-5-7-13(8-6-12)18(29)26-19-25-16(10-27)17(11-28)30-19/h1-8,24,27-28H,9-11H2,(H,25,26,29). The van der Waals surface area contributed by atoms with Gasteiger partial charge in [-0.05, 0) is 29.8 Å². The van der Waals surface area contributed by atoms with Gasteiger partial charge in [0, 0.05) is 17.8 Å². The number of amides is 1. The summed E-state index contributed by atoms with van der Waals surface area (Å²) in [5, 5.41) is 24.0. The Labute approximate surface area is 174 Å². The first-order chi connectivity index (χ1) is 14.3. The summed E-state index contributed by atoms with van der Waals surface area (Å²) < 4.78 is 39.2. The van der Waals surface area contributed by atoms with Crippen LogP contribution in [0.15, 0.2) is 48.5 Å². The number of rotatable bonds is 7. The van der Waals surface area contributed by atoms with Crippen molar-refractivity contribution in [2.75, 3.05) is 10.6 Å². The number of halogens is 3. The van der Waals surface area contributed by atoms with Crippen LogP contribution in [-0.2, 0) is 25.9 Å². The molecule has 0 fully saturated rings. The average molecular weight is 437 g/mol. The zero-order valence-electron chi connectivity index (χ0n) is 15.5. The number of carbonyl (C=O) groups excluding carboxylic acids is 1. The first-order valence-corrected chi connectivity index (χ1v) is 9.64. The zero-order valence-corrected chi connectivity index (χ0v) is 16.3. The van der Waals surface area contributed by atoms with Gasteiger partial charge in [-0.15, -0.1) is 0 Å². The second kappa shape index (κ2) is 9.24. The van der Waals surface area contributed by atoms with Gasteiger partial charge in [-0.1, -0.05) is 35.6 Å². The summed E-state index contributed by atoms with van der Waals surface area (Å²) in [5.74, 6) is -0.431. The Balaban J connectivity index is 1.64. The third kappa shape index (κ3) is 5.15. The predicted octanol–water partition coefficient (Wildman–Crippen LogP) is 4.01. The number of carbonyl (C=O) groups is 1. The molecule has 3 aromatic rings. The Morgan fingerprint density at radius 2 is 1.73 bits per heavy atom. The Hall–Kier alpha value is -2.95. The highest BCUT2D eigenvalue weighted by Gasteiger charge is 2.33. The van der Waals surface area contributed by atoms with E-state index in [1.54, 1.807) is 24.3 Å². The van der Waals surface area contributed by atoms with Crippen molar-refractivity contribution in [1.29, 1.82) is 0 Å². The van der Waals surface area contributed by atoms with Crippen LogP contribution in [0.3, 0.4) is 0 Å². The van der Waals surface area contributed by atoms with Crippen LogP contribution in [0, 0.1) is 0 Å². The smallest absolute Gasteiger partial charge is 0.391 e. The van der Waals surface area contributed by atoms with Crippen molar-refractivity contribution >= 4 is 28.1 Å². The molecule has 0 aliphatic heterocycles. The predicted molar refractivity (Wildman–Crippen MR) is 107 cm³/mol. The minimum Gasteiger partial charge on any atom is -0.391 e. The van der Waals surface area contributed by atoms with Crippen molar-refractivity contribution < 1.29 is 28.2 Å². The molecule has 10 heteroatoms. The van der Waals surface area contributed by atoms with E-state index in [9.17, 15) is 28.2 Å². The molecule has 0 bridgehead atoms. The number of aromatic nitrogens is 1. The van der Waals surface area contributed by atoms with Crippen molar-refractivity contribution in [2.24, 2.45) is 0 Å². The third-order valence-corrected chi connectivity index (χ3v) is 5.22. The van der Waals surface area contributed by atoms with E-state index in [0.29, 0.717) is 21.7 Å². The lowest BCUT2D eigenvalue weighted by molar-refractivity contribution is -0.137. The number of aliphatic hydroxyl groups is 2. The molecule has 1 heterocycles. The first kappa shape index (κ1) is 21.8. The molecule has 6 nitrogen and oxygen atoms in total. The lowest BCUT2D eigenvalue weighted by Crippen LogP contribution is -2.12. The van der Waals surface area contributed by atoms with Crippen molar-refractivity contribution in [3.63, 3.8) is 0 Å². The molecular formula is C20H18F3N3O3S. The number of hydrogen-bond donors (Lipinski definition) is 4. The van der Waals surface area contributed by atoms with E-state index in [1.165, 1.54) is 18.2 Å². The molecule has 1 amide bonds. The largest absolute Gasteiger partial charge is 0.418 e. The van der Waals surface area contributed by atoms with Gasteiger partial charge in [0.25, 0.3) is 5.91 Å². The molecule has 4 N–H and O–H groups in total. The van der Waals surface area contributed by atoms with Crippen molar-refractivity contribution in [3.8, 4) is 0 Å². The quantitative estimate of drug-likeness (QED) is 0.448. The van der Waals surface area contributed by atoms with Crippen LogP contribution in [0.5, 0.6) is 0 Å². The number of benzene rings is 2. The topological polar surface area (TPSA) is 94.5 Å². The third-order valence-electron chi connectivity index (χ3n) is 4.22. The van der Waals surface area contributed by atoms with Crippen LogP contribution >= 0.6 is 11.3 Å². The van der Waals surface area contributed by atoms with E-state index in [1.807, 2.05) is 0 Å². The fourth-order valence-electron chi connectivity index (χ4n) is 2.71. The van der Waals surface area contributed by atoms with E-state index < -0.39 is 17.6 Å². The molecule has 2 aromatic carbocycles. The lowest BCUT2D eigenvalue weighted by Gasteiger charge is -2.14. The molecule has 1 aromatic heterocycles. The second-order valence-corrected chi connectivity index (χ2v) is 7.34. The van der Waals surface area contributed by atoms with Crippen LogP contribution in [0.2, 0.25) is 0 Å². The Morgan fingerprint density at radius 3 is 2.33 bits per heavy atom. The molecule has 0 radical (unpaired) electrons.